The number of rotatable bonds is 4. The van der Waals surface area contributed by atoms with Gasteiger partial charge in [-0.3, -0.25) is 4.79 Å². The lowest BCUT2D eigenvalue weighted by molar-refractivity contribution is -0.153. The van der Waals surface area contributed by atoms with Gasteiger partial charge in [0.25, 0.3) is 0 Å². The molecule has 0 radical (unpaired) electrons. The minimum atomic E-state index is -0.389. The van der Waals surface area contributed by atoms with Crippen molar-refractivity contribution in [3.05, 3.63) is 0 Å². The second-order valence-electron chi connectivity index (χ2n) is 6.39. The van der Waals surface area contributed by atoms with Crippen molar-refractivity contribution in [2.75, 3.05) is 18.1 Å². The zero-order chi connectivity index (χ0) is 15.0. The van der Waals surface area contributed by atoms with E-state index in [9.17, 15) is 9.59 Å². The molecule has 2 rings (SSSR count). The molecule has 0 bridgehead atoms. The van der Waals surface area contributed by atoms with E-state index in [2.05, 4.69) is 20.8 Å². The SMILES string of the molecule is CC(C)(C)SCCOC(=O)[C@@H]1CS[C@@]2(C)CCC(=O)N12. The molecule has 0 spiro atoms. The molecule has 114 valence electrons. The van der Waals surface area contributed by atoms with Gasteiger partial charge in [0.05, 0.1) is 4.87 Å². The van der Waals surface area contributed by atoms with Crippen LogP contribution in [0.1, 0.15) is 40.5 Å². The van der Waals surface area contributed by atoms with Gasteiger partial charge >= 0.3 is 5.97 Å². The van der Waals surface area contributed by atoms with E-state index in [1.165, 1.54) is 0 Å². The molecule has 0 saturated carbocycles. The zero-order valence-electron chi connectivity index (χ0n) is 12.6. The first-order chi connectivity index (χ1) is 9.23. The fraction of sp³-hybridized carbons (Fsp3) is 0.857. The van der Waals surface area contributed by atoms with E-state index in [1.54, 1.807) is 28.4 Å². The first-order valence-corrected chi connectivity index (χ1v) is 8.97. The van der Waals surface area contributed by atoms with E-state index < -0.39 is 0 Å². The van der Waals surface area contributed by atoms with Crippen LogP contribution in [0, 0.1) is 0 Å². The van der Waals surface area contributed by atoms with Crippen LogP contribution in [0.3, 0.4) is 0 Å². The van der Waals surface area contributed by atoms with Crippen LogP contribution in [-0.4, -0.2) is 50.5 Å². The Kier molecular flexibility index (Phi) is 4.64. The van der Waals surface area contributed by atoms with Gasteiger partial charge in [0, 0.05) is 22.7 Å². The topological polar surface area (TPSA) is 46.6 Å². The molecule has 0 N–H and O–H groups in total. The zero-order valence-corrected chi connectivity index (χ0v) is 14.2. The predicted molar refractivity (Wildman–Crippen MR) is 83.9 cm³/mol. The fourth-order valence-electron chi connectivity index (χ4n) is 2.58. The smallest absolute Gasteiger partial charge is 0.329 e. The monoisotopic (exact) mass is 317 g/mol. The molecule has 0 aromatic heterocycles. The van der Waals surface area contributed by atoms with E-state index in [4.69, 9.17) is 4.74 Å². The van der Waals surface area contributed by atoms with E-state index in [0.717, 1.165) is 12.2 Å². The summed E-state index contributed by atoms with van der Waals surface area (Å²) in [6.07, 6.45) is 1.38. The number of fused-ring (bicyclic) bond motifs is 1. The molecule has 2 saturated heterocycles. The maximum atomic E-state index is 12.2. The summed E-state index contributed by atoms with van der Waals surface area (Å²) in [6.45, 7) is 8.89. The van der Waals surface area contributed by atoms with Crippen LogP contribution >= 0.6 is 23.5 Å². The lowest BCUT2D eigenvalue weighted by Gasteiger charge is -2.29. The van der Waals surface area contributed by atoms with Gasteiger partial charge in [-0.15, -0.1) is 11.8 Å². The first-order valence-electron chi connectivity index (χ1n) is 7.00. The molecular weight excluding hydrogens is 294 g/mol. The Morgan fingerprint density at radius 2 is 2.25 bits per heavy atom. The molecule has 0 aromatic carbocycles. The van der Waals surface area contributed by atoms with Crippen LogP contribution in [0.25, 0.3) is 0 Å². The molecule has 0 aliphatic carbocycles. The summed E-state index contributed by atoms with van der Waals surface area (Å²) < 4.78 is 5.54. The average molecular weight is 317 g/mol. The molecule has 2 heterocycles. The second-order valence-corrected chi connectivity index (χ2v) is 9.82. The number of thioether (sulfide) groups is 2. The molecule has 2 fully saturated rings. The average Bonchev–Trinajstić information content (AvgIpc) is 2.81. The number of nitrogens with zero attached hydrogens (tertiary/aromatic N) is 1. The Hall–Kier alpha value is -0.360. The maximum Gasteiger partial charge on any atom is 0.329 e. The van der Waals surface area contributed by atoms with Crippen molar-refractivity contribution in [2.24, 2.45) is 0 Å². The molecule has 0 aromatic rings. The van der Waals surface area contributed by atoms with Gasteiger partial charge < -0.3 is 9.64 Å². The molecule has 20 heavy (non-hydrogen) atoms. The van der Waals surface area contributed by atoms with Crippen LogP contribution in [0.15, 0.2) is 0 Å². The van der Waals surface area contributed by atoms with Crippen molar-refractivity contribution in [3.63, 3.8) is 0 Å². The van der Waals surface area contributed by atoms with Gasteiger partial charge in [0.15, 0.2) is 0 Å². The van der Waals surface area contributed by atoms with E-state index in [-0.39, 0.29) is 27.5 Å². The molecule has 2 aliphatic heterocycles. The largest absolute Gasteiger partial charge is 0.463 e. The second kappa shape index (κ2) is 5.79. The number of hydrogen-bond donors (Lipinski definition) is 0. The lowest BCUT2D eigenvalue weighted by atomic mass is 10.2. The third kappa shape index (κ3) is 3.45. The predicted octanol–water partition coefficient (Wildman–Crippen LogP) is 2.52. The van der Waals surface area contributed by atoms with Crippen LogP contribution < -0.4 is 0 Å². The fourth-order valence-corrected chi connectivity index (χ4v) is 4.78. The number of esters is 1. The molecule has 6 heteroatoms. The number of amides is 1. The maximum absolute atomic E-state index is 12.2. The van der Waals surface area contributed by atoms with E-state index >= 15 is 0 Å². The van der Waals surface area contributed by atoms with Crippen LogP contribution in [0.4, 0.5) is 0 Å². The molecule has 2 atom stereocenters. The highest BCUT2D eigenvalue weighted by atomic mass is 32.2. The number of carbonyl (C=O) groups is 2. The van der Waals surface area contributed by atoms with Gasteiger partial charge in [-0.1, -0.05) is 20.8 Å². The van der Waals surface area contributed by atoms with Gasteiger partial charge in [0.2, 0.25) is 5.91 Å². The Labute approximate surface area is 129 Å². The molecule has 4 nitrogen and oxygen atoms in total. The van der Waals surface area contributed by atoms with Gasteiger partial charge in [-0.2, -0.15) is 11.8 Å². The normalized spacial score (nSPS) is 29.7. The van der Waals surface area contributed by atoms with Crippen LogP contribution in [0.5, 0.6) is 0 Å². The summed E-state index contributed by atoms with van der Waals surface area (Å²) in [7, 11) is 0. The van der Waals surface area contributed by atoms with Crippen molar-refractivity contribution in [1.29, 1.82) is 0 Å². The van der Waals surface area contributed by atoms with Crippen molar-refractivity contribution < 1.29 is 14.3 Å². The Bertz CT molecular complexity index is 408. The third-order valence-corrected chi connectivity index (χ3v) is 6.32. The van der Waals surface area contributed by atoms with Gasteiger partial charge in [-0.25, -0.2) is 4.79 Å². The van der Waals surface area contributed by atoms with Crippen molar-refractivity contribution in [2.45, 2.75) is 56.2 Å². The van der Waals surface area contributed by atoms with Gasteiger partial charge in [0.1, 0.15) is 12.6 Å². The summed E-state index contributed by atoms with van der Waals surface area (Å²) in [5.74, 6) is 1.29. The Morgan fingerprint density at radius 3 is 2.90 bits per heavy atom. The summed E-state index contributed by atoms with van der Waals surface area (Å²) in [6, 6.07) is -0.389. The standard InChI is InChI=1S/C14H23NO3S2/c1-13(2,3)19-8-7-18-12(17)10-9-20-14(4)6-5-11(16)15(10)14/h10H,5-9H2,1-4H3/t10-,14-/m0/s1. The molecular formula is C14H23NO3S2. The van der Waals surface area contributed by atoms with Crippen molar-refractivity contribution in [3.8, 4) is 0 Å². The summed E-state index contributed by atoms with van der Waals surface area (Å²) in [5.41, 5.74) is 0. The highest BCUT2D eigenvalue weighted by molar-refractivity contribution is 8.01. The van der Waals surface area contributed by atoms with Crippen LogP contribution in [0.2, 0.25) is 0 Å². The molecule has 2 aliphatic rings. The molecule has 0 unspecified atom stereocenters. The summed E-state index contributed by atoms with van der Waals surface area (Å²) in [4.78, 5) is 25.7. The van der Waals surface area contributed by atoms with E-state index in [1.807, 2.05) is 6.92 Å². The Balaban J connectivity index is 1.83. The lowest BCUT2D eigenvalue weighted by Crippen LogP contribution is -2.46. The minimum Gasteiger partial charge on any atom is -0.463 e. The van der Waals surface area contributed by atoms with E-state index in [0.29, 0.717) is 18.8 Å². The summed E-state index contributed by atoms with van der Waals surface area (Å²) in [5, 5.41) is 0. The summed E-state index contributed by atoms with van der Waals surface area (Å²) >= 11 is 3.47. The highest BCUT2D eigenvalue weighted by Gasteiger charge is 2.53. The number of carbonyl (C=O) groups excluding carboxylic acids is 2. The minimum absolute atomic E-state index is 0.0866. The number of ether oxygens (including phenoxy) is 1. The first kappa shape index (κ1) is 16.0. The van der Waals surface area contributed by atoms with Gasteiger partial charge in [-0.05, 0) is 13.3 Å². The number of hydrogen-bond acceptors (Lipinski definition) is 5. The van der Waals surface area contributed by atoms with Crippen molar-refractivity contribution >= 4 is 35.4 Å². The molecule has 1 amide bonds. The quantitative estimate of drug-likeness (QED) is 0.589. The van der Waals surface area contributed by atoms with Crippen LogP contribution in [-0.2, 0) is 14.3 Å². The van der Waals surface area contributed by atoms with Crippen molar-refractivity contribution in [1.82, 2.24) is 4.90 Å². The highest BCUT2D eigenvalue weighted by Crippen LogP contribution is 2.47. The third-order valence-electron chi connectivity index (χ3n) is 3.58. The Morgan fingerprint density at radius 1 is 1.55 bits per heavy atom.